The molecule has 27 heavy (non-hydrogen) atoms. The van der Waals surface area contributed by atoms with Crippen molar-refractivity contribution in [2.45, 2.75) is 13.3 Å². The van der Waals surface area contributed by atoms with Crippen molar-refractivity contribution in [3.05, 3.63) is 68.7 Å². The molecule has 0 aromatic heterocycles. The molecule has 2 rings (SSSR count). The van der Waals surface area contributed by atoms with Gasteiger partial charge in [-0.1, -0.05) is 36.7 Å². The van der Waals surface area contributed by atoms with Crippen LogP contribution < -0.4 is 10.1 Å². The number of anilines is 1. The summed E-state index contributed by atoms with van der Waals surface area (Å²) in [6.07, 6.45) is 2.23. The maximum atomic E-state index is 12.4. The van der Waals surface area contributed by atoms with Crippen LogP contribution in [0.25, 0.3) is 6.08 Å². The third-order valence-corrected chi connectivity index (χ3v) is 3.77. The monoisotopic (exact) mass is 385 g/mol. The second kappa shape index (κ2) is 9.36. The highest BCUT2D eigenvalue weighted by Crippen LogP contribution is 2.28. The maximum Gasteiger partial charge on any atom is 0.289 e. The first-order valence-corrected chi connectivity index (χ1v) is 8.43. The molecule has 0 spiro atoms. The number of hydrogen-bond donors (Lipinski definition) is 1. The number of hydrogen-bond acceptors (Lipinski definition) is 5. The molecule has 0 bridgehead atoms. The summed E-state index contributed by atoms with van der Waals surface area (Å²) in [5.41, 5.74) is 0.239. The second-order valence-electron chi connectivity index (χ2n) is 5.43. The van der Waals surface area contributed by atoms with E-state index in [1.165, 1.54) is 18.2 Å². The van der Waals surface area contributed by atoms with Crippen LogP contribution in [0, 0.1) is 21.4 Å². The number of halogens is 1. The van der Waals surface area contributed by atoms with Crippen molar-refractivity contribution in [1.82, 2.24) is 0 Å². The van der Waals surface area contributed by atoms with Gasteiger partial charge in [-0.3, -0.25) is 14.9 Å². The number of nitrogens with zero attached hydrogens (tertiary/aromatic N) is 2. The molecule has 0 aliphatic heterocycles. The lowest BCUT2D eigenvalue weighted by Crippen LogP contribution is -2.13. The van der Waals surface area contributed by atoms with Gasteiger partial charge in [-0.25, -0.2) is 0 Å². The number of amides is 1. The van der Waals surface area contributed by atoms with Crippen molar-refractivity contribution in [3.8, 4) is 11.8 Å². The summed E-state index contributed by atoms with van der Waals surface area (Å²) in [4.78, 5) is 22.7. The molecule has 0 saturated heterocycles. The normalized spacial score (nSPS) is 10.8. The van der Waals surface area contributed by atoms with Crippen LogP contribution in [-0.4, -0.2) is 17.4 Å². The molecular formula is C19H16ClN3O4. The summed E-state index contributed by atoms with van der Waals surface area (Å²) in [5, 5.41) is 22.7. The van der Waals surface area contributed by atoms with Crippen molar-refractivity contribution in [1.29, 1.82) is 5.26 Å². The van der Waals surface area contributed by atoms with Gasteiger partial charge in [-0.2, -0.15) is 5.26 Å². The lowest BCUT2D eigenvalue weighted by atomic mass is 10.1. The van der Waals surface area contributed by atoms with Crippen LogP contribution in [0.2, 0.25) is 5.02 Å². The first-order valence-electron chi connectivity index (χ1n) is 8.05. The van der Waals surface area contributed by atoms with Gasteiger partial charge in [0.2, 0.25) is 0 Å². The third-order valence-electron chi connectivity index (χ3n) is 3.45. The van der Waals surface area contributed by atoms with Crippen molar-refractivity contribution in [3.63, 3.8) is 0 Å². The molecule has 2 aromatic carbocycles. The number of benzene rings is 2. The van der Waals surface area contributed by atoms with Gasteiger partial charge in [0.1, 0.15) is 22.4 Å². The predicted molar refractivity (Wildman–Crippen MR) is 103 cm³/mol. The fourth-order valence-corrected chi connectivity index (χ4v) is 2.36. The van der Waals surface area contributed by atoms with Gasteiger partial charge in [0, 0.05) is 17.3 Å². The van der Waals surface area contributed by atoms with Crippen LogP contribution in [-0.2, 0) is 4.79 Å². The van der Waals surface area contributed by atoms with E-state index in [1.807, 2.05) is 13.0 Å². The average Bonchev–Trinajstić information content (AvgIpc) is 2.66. The zero-order valence-corrected chi connectivity index (χ0v) is 15.2. The molecule has 2 aromatic rings. The summed E-state index contributed by atoms with van der Waals surface area (Å²) in [5.74, 6) is -0.138. The van der Waals surface area contributed by atoms with E-state index in [0.29, 0.717) is 17.9 Å². The van der Waals surface area contributed by atoms with Gasteiger partial charge >= 0.3 is 0 Å². The van der Waals surface area contributed by atoms with Gasteiger partial charge in [-0.15, -0.1) is 0 Å². The first kappa shape index (κ1) is 19.9. The van der Waals surface area contributed by atoms with Gasteiger partial charge in [-0.05, 0) is 30.7 Å². The zero-order valence-electron chi connectivity index (χ0n) is 14.4. The minimum absolute atomic E-state index is 0.0453. The van der Waals surface area contributed by atoms with E-state index < -0.39 is 10.8 Å². The van der Waals surface area contributed by atoms with E-state index in [1.54, 1.807) is 24.3 Å². The summed E-state index contributed by atoms with van der Waals surface area (Å²) in [6, 6.07) is 12.7. The smallest absolute Gasteiger partial charge is 0.289 e. The lowest BCUT2D eigenvalue weighted by Gasteiger charge is -2.09. The number of para-hydroxylation sites is 1. The SMILES string of the molecule is CCCOc1ccccc1/C=C(\C#N)C(=O)Nc1ccc(Cl)c([N+](=O)[O-])c1. The summed E-state index contributed by atoms with van der Waals surface area (Å²) >= 11 is 5.75. The third kappa shape index (κ3) is 5.30. The topological polar surface area (TPSA) is 105 Å². The zero-order chi connectivity index (χ0) is 19.8. The molecule has 0 atom stereocenters. The number of nitrogens with one attached hydrogen (secondary N) is 1. The highest BCUT2D eigenvalue weighted by atomic mass is 35.5. The van der Waals surface area contributed by atoms with Gasteiger partial charge in [0.05, 0.1) is 11.5 Å². The molecule has 7 nitrogen and oxygen atoms in total. The van der Waals surface area contributed by atoms with Gasteiger partial charge in [0.25, 0.3) is 11.6 Å². The molecule has 1 N–H and O–H groups in total. The Kier molecular flexibility index (Phi) is 6.92. The molecule has 0 saturated carbocycles. The molecule has 1 amide bonds. The van der Waals surface area contributed by atoms with Crippen molar-refractivity contribution >= 4 is 35.0 Å². The van der Waals surface area contributed by atoms with Crippen LogP contribution in [0.3, 0.4) is 0 Å². The maximum absolute atomic E-state index is 12.4. The Morgan fingerprint density at radius 3 is 2.78 bits per heavy atom. The van der Waals surface area contributed by atoms with E-state index in [2.05, 4.69) is 5.32 Å². The quantitative estimate of drug-likeness (QED) is 0.325. The largest absolute Gasteiger partial charge is 0.493 e. The molecule has 8 heteroatoms. The molecular weight excluding hydrogens is 370 g/mol. The molecule has 0 fully saturated rings. The standard InChI is InChI=1S/C19H16ClN3O4/c1-2-9-27-18-6-4-3-5-13(18)10-14(12-21)19(24)22-15-7-8-16(20)17(11-15)23(25)26/h3-8,10-11H,2,9H2,1H3,(H,22,24)/b14-10+. The van der Waals surface area contributed by atoms with Crippen molar-refractivity contribution in [2.24, 2.45) is 0 Å². The number of ether oxygens (including phenoxy) is 1. The minimum atomic E-state index is -0.695. The summed E-state index contributed by atoms with van der Waals surface area (Å²) in [6.45, 7) is 2.48. The predicted octanol–water partition coefficient (Wildman–Crippen LogP) is 4.58. The van der Waals surface area contributed by atoms with E-state index in [9.17, 15) is 20.2 Å². The Labute approximate surface area is 161 Å². The lowest BCUT2D eigenvalue weighted by molar-refractivity contribution is -0.384. The van der Waals surface area contributed by atoms with Gasteiger partial charge in [0.15, 0.2) is 0 Å². The number of carbonyl (C=O) groups is 1. The molecule has 138 valence electrons. The van der Waals surface area contributed by atoms with Crippen LogP contribution in [0.15, 0.2) is 48.0 Å². The van der Waals surface area contributed by atoms with Gasteiger partial charge < -0.3 is 10.1 Å². The Balaban J connectivity index is 2.27. The van der Waals surface area contributed by atoms with Crippen LogP contribution >= 0.6 is 11.6 Å². The van der Waals surface area contributed by atoms with Crippen LogP contribution in [0.4, 0.5) is 11.4 Å². The Hall–Kier alpha value is -3.37. The highest BCUT2D eigenvalue weighted by molar-refractivity contribution is 6.32. The molecule has 0 radical (unpaired) electrons. The van der Waals surface area contributed by atoms with Crippen molar-refractivity contribution < 1.29 is 14.5 Å². The molecule has 0 heterocycles. The van der Waals surface area contributed by atoms with E-state index in [-0.39, 0.29) is 22.0 Å². The number of nitriles is 1. The number of nitro groups is 1. The van der Waals surface area contributed by atoms with E-state index >= 15 is 0 Å². The molecule has 0 aliphatic rings. The Morgan fingerprint density at radius 1 is 1.37 bits per heavy atom. The van der Waals surface area contributed by atoms with Crippen molar-refractivity contribution in [2.75, 3.05) is 11.9 Å². The molecule has 0 aliphatic carbocycles. The minimum Gasteiger partial charge on any atom is -0.493 e. The first-order chi connectivity index (χ1) is 13.0. The second-order valence-corrected chi connectivity index (χ2v) is 5.84. The fourth-order valence-electron chi connectivity index (χ4n) is 2.18. The van der Waals surface area contributed by atoms with Crippen LogP contribution in [0.5, 0.6) is 5.75 Å². The van der Waals surface area contributed by atoms with Crippen LogP contribution in [0.1, 0.15) is 18.9 Å². The number of rotatable bonds is 7. The summed E-state index contributed by atoms with van der Waals surface area (Å²) < 4.78 is 5.61. The average molecular weight is 386 g/mol. The molecule has 0 unspecified atom stereocenters. The fraction of sp³-hybridized carbons (Fsp3) is 0.158. The highest BCUT2D eigenvalue weighted by Gasteiger charge is 2.16. The Bertz CT molecular complexity index is 935. The van der Waals surface area contributed by atoms with E-state index in [4.69, 9.17) is 16.3 Å². The number of carbonyl (C=O) groups excluding carboxylic acids is 1. The summed E-state index contributed by atoms with van der Waals surface area (Å²) in [7, 11) is 0. The Morgan fingerprint density at radius 2 is 2.11 bits per heavy atom. The van der Waals surface area contributed by atoms with E-state index in [0.717, 1.165) is 12.5 Å². The number of nitro benzene ring substituents is 1.